The van der Waals surface area contributed by atoms with Gasteiger partial charge in [-0.2, -0.15) is 0 Å². The fourth-order valence-electron chi connectivity index (χ4n) is 1.88. The molecule has 0 aliphatic heterocycles. The Bertz CT molecular complexity index is 127. The average molecular weight is 216 g/mol. The number of ether oxygens (including phenoxy) is 1. The zero-order valence-electron chi connectivity index (χ0n) is 10.7. The maximum absolute atomic E-state index is 5.62. The summed E-state index contributed by atoms with van der Waals surface area (Å²) in [4.78, 5) is 2.45. The third-order valence-electron chi connectivity index (χ3n) is 2.75. The van der Waals surface area contributed by atoms with Gasteiger partial charge in [0.2, 0.25) is 0 Å². The van der Waals surface area contributed by atoms with E-state index in [2.05, 4.69) is 25.7 Å². The summed E-state index contributed by atoms with van der Waals surface area (Å²) in [5.41, 5.74) is 5.62. The standard InChI is InChI=1S/C12H28N2O/c1-4-10-15-11-9-14(8-7-13)12(5-2)6-3/h12H,4-11,13H2,1-3H3. The second-order valence-corrected chi connectivity index (χ2v) is 3.91. The summed E-state index contributed by atoms with van der Waals surface area (Å²) in [6, 6.07) is 0.666. The molecule has 0 aromatic rings. The minimum Gasteiger partial charge on any atom is -0.380 e. The summed E-state index contributed by atoms with van der Waals surface area (Å²) in [6.07, 6.45) is 3.50. The first-order valence-corrected chi connectivity index (χ1v) is 6.31. The first-order valence-electron chi connectivity index (χ1n) is 6.31. The lowest BCUT2D eigenvalue weighted by atomic mass is 10.1. The highest BCUT2D eigenvalue weighted by atomic mass is 16.5. The van der Waals surface area contributed by atoms with Crippen molar-refractivity contribution in [3.63, 3.8) is 0 Å². The zero-order chi connectivity index (χ0) is 11.5. The van der Waals surface area contributed by atoms with Gasteiger partial charge in [-0.1, -0.05) is 20.8 Å². The molecule has 0 amide bonds. The molecule has 0 radical (unpaired) electrons. The summed E-state index contributed by atoms with van der Waals surface area (Å²) in [5, 5.41) is 0. The van der Waals surface area contributed by atoms with E-state index in [0.717, 1.165) is 39.3 Å². The van der Waals surface area contributed by atoms with Gasteiger partial charge in [-0.15, -0.1) is 0 Å². The van der Waals surface area contributed by atoms with E-state index in [9.17, 15) is 0 Å². The predicted molar refractivity (Wildman–Crippen MR) is 66.1 cm³/mol. The van der Waals surface area contributed by atoms with Gasteiger partial charge >= 0.3 is 0 Å². The largest absolute Gasteiger partial charge is 0.380 e. The fraction of sp³-hybridized carbons (Fsp3) is 1.00. The average Bonchev–Trinajstić information content (AvgIpc) is 2.26. The molecule has 0 bridgehead atoms. The van der Waals surface area contributed by atoms with E-state index < -0.39 is 0 Å². The van der Waals surface area contributed by atoms with Crippen LogP contribution in [0.15, 0.2) is 0 Å². The summed E-state index contributed by atoms with van der Waals surface area (Å²) < 4.78 is 5.52. The van der Waals surface area contributed by atoms with Crippen molar-refractivity contribution < 1.29 is 4.74 Å². The highest BCUT2D eigenvalue weighted by Crippen LogP contribution is 2.07. The summed E-state index contributed by atoms with van der Waals surface area (Å²) in [7, 11) is 0. The van der Waals surface area contributed by atoms with E-state index >= 15 is 0 Å². The maximum Gasteiger partial charge on any atom is 0.0593 e. The van der Waals surface area contributed by atoms with Gasteiger partial charge in [0.15, 0.2) is 0 Å². The van der Waals surface area contributed by atoms with Crippen LogP contribution in [0.5, 0.6) is 0 Å². The van der Waals surface area contributed by atoms with Crippen LogP contribution in [0, 0.1) is 0 Å². The third-order valence-corrected chi connectivity index (χ3v) is 2.75. The van der Waals surface area contributed by atoms with E-state index in [-0.39, 0.29) is 0 Å². The SMILES string of the molecule is CCCOCCN(CCN)C(CC)CC. The Morgan fingerprint density at radius 1 is 1.07 bits per heavy atom. The lowest BCUT2D eigenvalue weighted by Gasteiger charge is -2.29. The van der Waals surface area contributed by atoms with Gasteiger partial charge in [0.1, 0.15) is 0 Å². The number of nitrogens with two attached hydrogens (primary N) is 1. The van der Waals surface area contributed by atoms with Crippen LogP contribution in [0.3, 0.4) is 0 Å². The minimum atomic E-state index is 0.666. The topological polar surface area (TPSA) is 38.5 Å². The van der Waals surface area contributed by atoms with Crippen molar-refractivity contribution in [2.75, 3.05) is 32.8 Å². The molecule has 15 heavy (non-hydrogen) atoms. The van der Waals surface area contributed by atoms with Crippen molar-refractivity contribution in [2.24, 2.45) is 5.73 Å². The highest BCUT2D eigenvalue weighted by molar-refractivity contribution is 4.69. The van der Waals surface area contributed by atoms with Gasteiger partial charge in [0.05, 0.1) is 6.61 Å². The van der Waals surface area contributed by atoms with Crippen molar-refractivity contribution in [3.8, 4) is 0 Å². The second kappa shape index (κ2) is 10.4. The quantitative estimate of drug-likeness (QED) is 0.567. The summed E-state index contributed by atoms with van der Waals surface area (Å²) >= 11 is 0. The first-order chi connectivity index (χ1) is 7.29. The van der Waals surface area contributed by atoms with E-state index in [1.54, 1.807) is 0 Å². The molecule has 0 aliphatic carbocycles. The van der Waals surface area contributed by atoms with Crippen LogP contribution >= 0.6 is 0 Å². The molecule has 3 heteroatoms. The highest BCUT2D eigenvalue weighted by Gasteiger charge is 2.13. The normalized spacial score (nSPS) is 11.6. The van der Waals surface area contributed by atoms with Crippen molar-refractivity contribution in [2.45, 2.75) is 46.1 Å². The van der Waals surface area contributed by atoms with Crippen LogP contribution in [-0.4, -0.2) is 43.8 Å². The molecule has 3 nitrogen and oxygen atoms in total. The molecule has 0 unspecified atom stereocenters. The zero-order valence-corrected chi connectivity index (χ0v) is 10.7. The molecule has 0 fully saturated rings. The van der Waals surface area contributed by atoms with Crippen molar-refractivity contribution in [3.05, 3.63) is 0 Å². The smallest absolute Gasteiger partial charge is 0.0593 e. The van der Waals surface area contributed by atoms with Gasteiger partial charge in [0.25, 0.3) is 0 Å². The van der Waals surface area contributed by atoms with Crippen molar-refractivity contribution >= 4 is 0 Å². The molecule has 0 rings (SSSR count). The number of hydrogen-bond donors (Lipinski definition) is 1. The van der Waals surface area contributed by atoms with Gasteiger partial charge in [-0.3, -0.25) is 4.90 Å². The van der Waals surface area contributed by atoms with Gasteiger partial charge in [-0.25, -0.2) is 0 Å². The van der Waals surface area contributed by atoms with Crippen LogP contribution in [0.2, 0.25) is 0 Å². The summed E-state index contributed by atoms with van der Waals surface area (Å²) in [6.45, 7) is 11.1. The summed E-state index contributed by atoms with van der Waals surface area (Å²) in [5.74, 6) is 0. The molecule has 0 heterocycles. The van der Waals surface area contributed by atoms with Crippen LogP contribution < -0.4 is 5.73 Å². The Labute approximate surface area is 95.0 Å². The number of nitrogens with zero attached hydrogens (tertiary/aromatic N) is 1. The number of hydrogen-bond acceptors (Lipinski definition) is 3. The van der Waals surface area contributed by atoms with Crippen molar-refractivity contribution in [1.82, 2.24) is 4.90 Å². The van der Waals surface area contributed by atoms with Crippen LogP contribution in [-0.2, 0) is 4.74 Å². The Morgan fingerprint density at radius 3 is 2.20 bits per heavy atom. The predicted octanol–water partition coefficient (Wildman–Crippen LogP) is 1.86. The van der Waals surface area contributed by atoms with Gasteiger partial charge < -0.3 is 10.5 Å². The monoisotopic (exact) mass is 216 g/mol. The molecule has 0 aliphatic rings. The Kier molecular flexibility index (Phi) is 10.3. The molecule has 0 aromatic heterocycles. The molecule has 0 spiro atoms. The van der Waals surface area contributed by atoms with Crippen LogP contribution in [0.4, 0.5) is 0 Å². The third kappa shape index (κ3) is 6.88. The van der Waals surface area contributed by atoms with Gasteiger partial charge in [0, 0.05) is 32.3 Å². The van der Waals surface area contributed by atoms with Crippen LogP contribution in [0.25, 0.3) is 0 Å². The van der Waals surface area contributed by atoms with E-state index in [1.165, 1.54) is 12.8 Å². The fourth-order valence-corrected chi connectivity index (χ4v) is 1.88. The minimum absolute atomic E-state index is 0.666. The Balaban J connectivity index is 3.80. The number of rotatable bonds is 10. The van der Waals surface area contributed by atoms with E-state index in [0.29, 0.717) is 6.04 Å². The lowest BCUT2D eigenvalue weighted by Crippen LogP contribution is -2.40. The first kappa shape index (κ1) is 14.9. The molecular formula is C12H28N2O. The van der Waals surface area contributed by atoms with E-state index in [4.69, 9.17) is 10.5 Å². The van der Waals surface area contributed by atoms with E-state index in [1.807, 2.05) is 0 Å². The van der Waals surface area contributed by atoms with Crippen LogP contribution in [0.1, 0.15) is 40.0 Å². The van der Waals surface area contributed by atoms with Crippen molar-refractivity contribution in [1.29, 1.82) is 0 Å². The molecule has 92 valence electrons. The molecule has 2 N–H and O–H groups in total. The maximum atomic E-state index is 5.62. The second-order valence-electron chi connectivity index (χ2n) is 3.91. The van der Waals surface area contributed by atoms with Gasteiger partial charge in [-0.05, 0) is 19.3 Å². The Morgan fingerprint density at radius 2 is 1.73 bits per heavy atom. The molecule has 0 saturated heterocycles. The molecular weight excluding hydrogens is 188 g/mol. The lowest BCUT2D eigenvalue weighted by molar-refractivity contribution is 0.0859. The molecule has 0 saturated carbocycles. The molecule has 0 atom stereocenters. The Hall–Kier alpha value is -0.120. The molecule has 0 aromatic carbocycles.